The van der Waals surface area contributed by atoms with E-state index >= 15 is 0 Å². The molecule has 4 saturated heterocycles. The molecule has 4 aliphatic rings. The summed E-state index contributed by atoms with van der Waals surface area (Å²) in [5, 5.41) is 10.0. The lowest BCUT2D eigenvalue weighted by atomic mass is 10.1. The number of H-pyrrole nitrogens is 4. The van der Waals surface area contributed by atoms with Crippen molar-refractivity contribution in [1.82, 2.24) is 38.2 Å². The Morgan fingerprint density at radius 1 is 0.521 bits per heavy atom. The van der Waals surface area contributed by atoms with E-state index in [1.54, 1.807) is 6.92 Å². The van der Waals surface area contributed by atoms with Gasteiger partial charge in [0.05, 0.1) is 56.4 Å². The molecule has 8 heterocycles. The molecule has 96 heavy (non-hydrogen) atoms. The smallest absolute Gasteiger partial charge is 0.389 e. The second kappa shape index (κ2) is 34.3. The molecular formula is C57H74N10O25P2S2. The van der Waals surface area contributed by atoms with Gasteiger partial charge in [0.1, 0.15) is 73.1 Å². The van der Waals surface area contributed by atoms with Gasteiger partial charge < -0.3 is 52.8 Å². The van der Waals surface area contributed by atoms with Crippen molar-refractivity contribution in [2.24, 2.45) is 0 Å². The van der Waals surface area contributed by atoms with Gasteiger partial charge in [-0.15, -0.1) is 0 Å². The Bertz CT molecular complexity index is 3920. The number of aliphatic hydroxyl groups is 1. The molecule has 0 spiro atoms. The summed E-state index contributed by atoms with van der Waals surface area (Å²) in [5.74, 6) is -1.71. The summed E-state index contributed by atoms with van der Waals surface area (Å²) in [5.41, 5.74) is -4.22. The van der Waals surface area contributed by atoms with Crippen LogP contribution in [0.15, 0.2) is 63.1 Å². The number of nitrogens with one attached hydrogen (secondary N) is 4. The molecule has 2 unspecified atom stereocenters. The summed E-state index contributed by atoms with van der Waals surface area (Å²) in [7, 11) is 0. The highest BCUT2D eigenvalue weighted by atomic mass is 32.7. The maximum atomic E-state index is 14.2. The number of hydrogen-bond acceptors (Lipinski definition) is 27. The normalized spacial score (nSPS) is 25.0. The first-order valence-electron chi connectivity index (χ1n) is 30.2. The van der Waals surface area contributed by atoms with E-state index in [0.29, 0.717) is 23.4 Å². The lowest BCUT2D eigenvalue weighted by molar-refractivity contribution is -0.154. The van der Waals surface area contributed by atoms with Crippen LogP contribution < -0.4 is 45.0 Å². The first-order chi connectivity index (χ1) is 45.5. The highest BCUT2D eigenvalue weighted by Gasteiger charge is 2.48. The lowest BCUT2D eigenvalue weighted by Crippen LogP contribution is -2.33. The van der Waals surface area contributed by atoms with E-state index in [-0.39, 0.29) is 104 Å². The number of ketones is 2. The van der Waals surface area contributed by atoms with Crippen molar-refractivity contribution < 1.29 is 79.9 Å². The number of aliphatic hydroxyl groups excluding tert-OH is 1. The molecule has 0 saturated carbocycles. The number of hydrogen-bond donors (Lipinski definition) is 5. The quantitative estimate of drug-likeness (QED) is 0.0217. The van der Waals surface area contributed by atoms with Gasteiger partial charge in [0, 0.05) is 85.6 Å². The van der Waals surface area contributed by atoms with Crippen LogP contribution in [-0.4, -0.2) is 160 Å². The van der Waals surface area contributed by atoms with E-state index in [0.717, 1.165) is 25.1 Å². The van der Waals surface area contributed by atoms with Crippen molar-refractivity contribution in [3.8, 4) is 0 Å². The summed E-state index contributed by atoms with van der Waals surface area (Å²) >= 11 is 1.51. The van der Waals surface area contributed by atoms with E-state index in [1.165, 1.54) is 64.0 Å². The van der Waals surface area contributed by atoms with Crippen LogP contribution in [0.2, 0.25) is 0 Å². The van der Waals surface area contributed by atoms with Crippen molar-refractivity contribution in [2.75, 3.05) is 44.4 Å². The third kappa shape index (κ3) is 20.4. The summed E-state index contributed by atoms with van der Waals surface area (Å²) in [6.07, 6.45) is -6.40. The van der Waals surface area contributed by atoms with Crippen molar-refractivity contribution in [3.63, 3.8) is 0 Å². The van der Waals surface area contributed by atoms with Crippen LogP contribution >= 0.6 is 36.4 Å². The van der Waals surface area contributed by atoms with E-state index in [2.05, 4.69) is 29.6 Å². The number of esters is 2. The van der Waals surface area contributed by atoms with Gasteiger partial charge in [0.2, 0.25) is 13.1 Å². The fraction of sp³-hybridized carbons (Fsp3) is 0.614. The molecule has 0 radical (unpaired) electrons. The first-order valence-corrected chi connectivity index (χ1v) is 36.4. The monoisotopic (exact) mass is 1420 g/mol. The van der Waals surface area contributed by atoms with Crippen LogP contribution in [0.3, 0.4) is 0 Å². The Morgan fingerprint density at radius 2 is 0.823 bits per heavy atom. The van der Waals surface area contributed by atoms with Crippen LogP contribution in [0.5, 0.6) is 0 Å². The van der Waals surface area contributed by atoms with Crippen molar-refractivity contribution in [2.45, 2.75) is 180 Å². The molecule has 4 aliphatic heterocycles. The lowest BCUT2D eigenvalue weighted by Gasteiger charge is -2.25. The van der Waals surface area contributed by atoms with Crippen molar-refractivity contribution in [3.05, 3.63) is 153 Å². The molecule has 4 aromatic rings. The van der Waals surface area contributed by atoms with Crippen molar-refractivity contribution >= 4 is 59.9 Å². The predicted molar refractivity (Wildman–Crippen MR) is 340 cm³/mol. The fourth-order valence-corrected chi connectivity index (χ4v) is 16.9. The Hall–Kier alpha value is -7.22. The summed E-state index contributed by atoms with van der Waals surface area (Å²) < 4.78 is 91.7. The second-order valence-corrected chi connectivity index (χ2v) is 30.9. The van der Waals surface area contributed by atoms with Crippen LogP contribution in [0.25, 0.3) is 9.69 Å². The third-order valence-corrected chi connectivity index (χ3v) is 22.8. The van der Waals surface area contributed by atoms with Crippen LogP contribution in [0, 0.1) is 40.8 Å². The molecule has 4 fully saturated rings. The maximum Gasteiger partial charge on any atom is 0.389 e. The number of aromatic nitrogens is 8. The van der Waals surface area contributed by atoms with Gasteiger partial charge in [0.15, 0.2) is 0 Å². The van der Waals surface area contributed by atoms with Gasteiger partial charge in [0.25, 0.3) is 22.2 Å². The zero-order chi connectivity index (χ0) is 70.3. The van der Waals surface area contributed by atoms with Gasteiger partial charge >= 0.3 is 48.3 Å². The number of carbonyl (C=O) groups excluding carboxylic acids is 4. The van der Waals surface area contributed by atoms with Gasteiger partial charge in [-0.1, -0.05) is 6.92 Å². The molecule has 4 aromatic heterocycles. The minimum Gasteiger partial charge on any atom is -0.459 e. The highest BCUT2D eigenvalue weighted by Crippen LogP contribution is 2.64. The molecule has 0 bridgehead atoms. The number of nitrogens with zero attached hydrogens (tertiary/aromatic N) is 6. The standard InChI is InChI=1S/C29H38N5O12PS.C28H36N5O13PS/c1-6-19-21(12-24(43-19)34-14-17(3)27(38)32-29(34)40)46-47(41,48-10-9-30-5)42-15-22-20(45-25(36)8-7-18(4)35)11-23(44-22)33-13-16(2)26(37)31-28(33)39;1-15-11-32(27(39)30-25(15)37)22-9-18(45-24(36)6-5-17(3)35)21(44-22)14-42-47(41,48-8-7-29-4)46-19-10-23(43-20(19)13-34)33-12-16(2)26(38)31-28(33)40/h13-14,19-24H,6-12,15H2,1-4H3,(H,31,37,39)(H,32,38,40);11-12,18-23,34H,5-10,13-14H2,1-3H3,(H,30,37,39)(H,31,38,40)/t19-,20-,21-,22-,23-,24-,47?;18-,19-,20-,21-,22-,23-,47?/m11/s1. The van der Waals surface area contributed by atoms with Gasteiger partial charge in [-0.2, -0.15) is 0 Å². The average molecular weight is 1430 g/mol. The average Bonchev–Trinajstić information content (AvgIpc) is 1.67. The zero-order valence-electron chi connectivity index (χ0n) is 53.2. The Balaban J connectivity index is 0.000000271. The van der Waals surface area contributed by atoms with E-state index in [4.69, 9.17) is 59.7 Å². The SMILES string of the molecule is [C-]#[N+]CCSP(=O)(OC[C@H]1O[C@@H](n2cc(C)c(=O)[nH]c2=O)C[C@H]1OC(=O)CCC(C)=O)O[C@@H]1C[C@H](n2cc(C)c(=O)[nH]c2=O)O[C@@H]1CC.[C-]#[N+]CCSP(=O)(OC[C@H]1O[C@@H](n2cc(C)c(=O)[nH]c2=O)C[C@H]1OC(=O)CCC(C)=O)O[C@@H]1C[C@H](n2cc(C)c(=O)[nH]c2=O)O[C@@H]1CO. The Kier molecular flexibility index (Phi) is 27.2. The third-order valence-electron chi connectivity index (χ3n) is 15.3. The molecule has 524 valence electrons. The number of Topliss-reactive ketones (excluding diaryl/α,β-unsaturated/α-hetero) is 2. The minimum atomic E-state index is -4.19. The fourth-order valence-electron chi connectivity index (χ4n) is 10.2. The summed E-state index contributed by atoms with van der Waals surface area (Å²) in [4.78, 5) is 161. The van der Waals surface area contributed by atoms with E-state index in [1.807, 2.05) is 6.92 Å². The number of carbonyl (C=O) groups is 4. The number of aromatic amines is 4. The minimum absolute atomic E-state index is 0.0152. The van der Waals surface area contributed by atoms with Crippen LogP contribution in [0.4, 0.5) is 0 Å². The first kappa shape index (κ1) is 76.2. The largest absolute Gasteiger partial charge is 0.459 e. The Morgan fingerprint density at radius 3 is 1.12 bits per heavy atom. The number of rotatable bonds is 30. The second-order valence-electron chi connectivity index (χ2n) is 22.6. The van der Waals surface area contributed by atoms with Gasteiger partial charge in [-0.25, -0.2) is 41.5 Å². The van der Waals surface area contributed by atoms with Gasteiger partial charge in [-0.05, 0) is 70.7 Å². The molecule has 0 amide bonds. The van der Waals surface area contributed by atoms with E-state index < -0.39 is 164 Å². The number of aryl methyl sites for hydroxylation is 4. The zero-order valence-corrected chi connectivity index (χ0v) is 56.6. The molecule has 5 N–H and O–H groups in total. The summed E-state index contributed by atoms with van der Waals surface area (Å²) in [6, 6.07) is 0. The van der Waals surface area contributed by atoms with E-state index in [9.17, 15) is 71.8 Å². The van der Waals surface area contributed by atoms with Gasteiger partial charge in [-0.3, -0.25) is 85.1 Å². The highest BCUT2D eigenvalue weighted by molar-refractivity contribution is 8.55. The molecule has 0 aliphatic carbocycles. The van der Waals surface area contributed by atoms with Crippen molar-refractivity contribution in [1.29, 1.82) is 0 Å². The molecular weight excluding hydrogens is 1350 g/mol. The molecule has 8 rings (SSSR count). The Labute approximate surface area is 553 Å². The molecule has 0 aromatic carbocycles. The predicted octanol–water partition coefficient (Wildman–Crippen LogP) is 2.85. The molecule has 35 nitrogen and oxygen atoms in total. The number of ether oxygens (including phenoxy) is 6. The molecule has 14 atom stereocenters. The molecule has 39 heteroatoms. The summed E-state index contributed by atoms with van der Waals surface area (Å²) in [6.45, 7) is 15.0. The maximum absolute atomic E-state index is 14.2. The van der Waals surface area contributed by atoms with Crippen LogP contribution in [-0.2, 0) is 74.8 Å². The van der Waals surface area contributed by atoms with Crippen LogP contribution in [0.1, 0.15) is 126 Å². The topological polar surface area (TPSA) is 443 Å².